The molecule has 0 saturated heterocycles. The van der Waals surface area contributed by atoms with Gasteiger partial charge in [0.05, 0.1) is 10.6 Å². The van der Waals surface area contributed by atoms with Gasteiger partial charge >= 0.3 is 0 Å². The molecule has 0 aliphatic rings. The van der Waals surface area contributed by atoms with Crippen LogP contribution in [0.2, 0.25) is 10.0 Å². The molecule has 0 atom stereocenters. The summed E-state index contributed by atoms with van der Waals surface area (Å²) < 4.78 is 0. The summed E-state index contributed by atoms with van der Waals surface area (Å²) in [6.45, 7) is 0.575. The minimum Gasteiger partial charge on any atom is -0.409 e. The molecule has 0 saturated carbocycles. The molecule has 21 heavy (non-hydrogen) atoms. The van der Waals surface area contributed by atoms with Crippen molar-refractivity contribution in [3.63, 3.8) is 0 Å². The lowest BCUT2D eigenvalue weighted by Gasteiger charge is -2.23. The fourth-order valence-electron chi connectivity index (χ4n) is 2.10. The molecule has 2 rings (SSSR count). The molecular weight excluding hydrogens is 309 g/mol. The predicted octanol–water partition coefficient (Wildman–Crippen LogP) is 3.72. The molecule has 0 amide bonds. The molecule has 0 aliphatic heterocycles. The Morgan fingerprint density at radius 2 is 1.81 bits per heavy atom. The fraction of sp³-hybridized carbons (Fsp3) is 0.133. The average molecular weight is 324 g/mol. The molecule has 110 valence electrons. The van der Waals surface area contributed by atoms with Crippen LogP contribution in [0.5, 0.6) is 0 Å². The molecule has 0 unspecified atom stereocenters. The maximum atomic E-state index is 8.92. The van der Waals surface area contributed by atoms with Crippen molar-refractivity contribution in [2.24, 2.45) is 10.9 Å². The molecule has 0 bridgehead atoms. The van der Waals surface area contributed by atoms with E-state index in [-0.39, 0.29) is 5.84 Å². The Kier molecular flexibility index (Phi) is 4.94. The Labute approximate surface area is 133 Å². The van der Waals surface area contributed by atoms with E-state index in [2.05, 4.69) is 5.16 Å². The highest BCUT2D eigenvalue weighted by atomic mass is 35.5. The highest BCUT2D eigenvalue weighted by Gasteiger charge is 2.15. The Balaban J connectivity index is 2.38. The first-order chi connectivity index (χ1) is 10.0. The lowest BCUT2D eigenvalue weighted by atomic mass is 10.1. The van der Waals surface area contributed by atoms with E-state index in [4.69, 9.17) is 34.1 Å². The van der Waals surface area contributed by atoms with Gasteiger partial charge in [0.2, 0.25) is 0 Å². The van der Waals surface area contributed by atoms with E-state index in [1.165, 1.54) is 0 Å². The summed E-state index contributed by atoms with van der Waals surface area (Å²) >= 11 is 12.3. The third-order valence-corrected chi connectivity index (χ3v) is 3.82. The topological polar surface area (TPSA) is 61.8 Å². The van der Waals surface area contributed by atoms with Crippen molar-refractivity contribution in [2.45, 2.75) is 6.54 Å². The Hall–Kier alpha value is -1.91. The van der Waals surface area contributed by atoms with E-state index >= 15 is 0 Å². The van der Waals surface area contributed by atoms with Gasteiger partial charge in [-0.3, -0.25) is 0 Å². The van der Waals surface area contributed by atoms with Crippen molar-refractivity contribution in [1.29, 1.82) is 0 Å². The number of rotatable bonds is 4. The summed E-state index contributed by atoms with van der Waals surface area (Å²) in [5.74, 6) is -0.0263. The second kappa shape index (κ2) is 6.70. The zero-order valence-corrected chi connectivity index (χ0v) is 12.9. The number of nitrogens with zero attached hydrogens (tertiary/aromatic N) is 2. The zero-order chi connectivity index (χ0) is 15.4. The molecule has 0 aliphatic carbocycles. The molecule has 2 aromatic carbocycles. The van der Waals surface area contributed by atoms with Gasteiger partial charge in [-0.25, -0.2) is 0 Å². The van der Waals surface area contributed by atoms with E-state index in [0.29, 0.717) is 22.2 Å². The second-order valence-corrected chi connectivity index (χ2v) is 5.38. The second-order valence-electron chi connectivity index (χ2n) is 4.57. The van der Waals surface area contributed by atoms with Crippen molar-refractivity contribution in [2.75, 3.05) is 11.9 Å². The van der Waals surface area contributed by atoms with Crippen molar-refractivity contribution >= 4 is 34.7 Å². The number of oxime groups is 1. The number of hydrogen-bond donors (Lipinski definition) is 2. The van der Waals surface area contributed by atoms with Crippen LogP contribution >= 0.6 is 23.2 Å². The van der Waals surface area contributed by atoms with Crippen LogP contribution in [0, 0.1) is 0 Å². The van der Waals surface area contributed by atoms with E-state index in [9.17, 15) is 0 Å². The van der Waals surface area contributed by atoms with Crippen LogP contribution in [0.1, 0.15) is 11.1 Å². The minimum absolute atomic E-state index is 0.0263. The van der Waals surface area contributed by atoms with E-state index < -0.39 is 0 Å². The van der Waals surface area contributed by atoms with Gasteiger partial charge in [-0.05, 0) is 23.8 Å². The summed E-state index contributed by atoms with van der Waals surface area (Å²) in [5.41, 5.74) is 7.96. The first-order valence-corrected chi connectivity index (χ1v) is 7.01. The van der Waals surface area contributed by atoms with Gasteiger partial charge in [-0.2, -0.15) is 0 Å². The van der Waals surface area contributed by atoms with Crippen LogP contribution in [-0.2, 0) is 6.54 Å². The number of hydrogen-bond acceptors (Lipinski definition) is 3. The molecule has 3 N–H and O–H groups in total. The Morgan fingerprint density at radius 1 is 1.14 bits per heavy atom. The largest absolute Gasteiger partial charge is 0.409 e. The van der Waals surface area contributed by atoms with Crippen LogP contribution in [0.3, 0.4) is 0 Å². The first-order valence-electron chi connectivity index (χ1n) is 6.25. The third-order valence-electron chi connectivity index (χ3n) is 3.13. The molecule has 0 radical (unpaired) electrons. The van der Waals surface area contributed by atoms with Crippen LogP contribution in [-0.4, -0.2) is 18.1 Å². The fourth-order valence-corrected chi connectivity index (χ4v) is 2.56. The van der Waals surface area contributed by atoms with Gasteiger partial charge in [-0.1, -0.05) is 52.6 Å². The van der Waals surface area contributed by atoms with Gasteiger partial charge in [0.25, 0.3) is 0 Å². The number of benzene rings is 2. The number of amidine groups is 1. The molecule has 0 heterocycles. The van der Waals surface area contributed by atoms with Crippen LogP contribution in [0.4, 0.5) is 5.69 Å². The molecular formula is C15H15Cl2N3O. The van der Waals surface area contributed by atoms with E-state index in [0.717, 1.165) is 11.3 Å². The maximum Gasteiger partial charge on any atom is 0.173 e. The van der Waals surface area contributed by atoms with Crippen LogP contribution < -0.4 is 10.6 Å². The van der Waals surface area contributed by atoms with Gasteiger partial charge in [0.1, 0.15) is 0 Å². The van der Waals surface area contributed by atoms with Gasteiger partial charge in [0.15, 0.2) is 5.84 Å². The quantitative estimate of drug-likeness (QED) is 0.390. The number of halogens is 2. The number of nitrogens with two attached hydrogens (primary N) is 1. The summed E-state index contributed by atoms with van der Waals surface area (Å²) in [4.78, 5) is 1.94. The number of anilines is 1. The van der Waals surface area contributed by atoms with Crippen molar-refractivity contribution < 1.29 is 5.21 Å². The SMILES string of the molecule is CN(Cc1ccccc1Cl)c1cccc(Cl)c1C(N)=NO. The minimum atomic E-state index is -0.0263. The van der Waals surface area contributed by atoms with Crippen molar-refractivity contribution in [3.8, 4) is 0 Å². The smallest absolute Gasteiger partial charge is 0.173 e. The summed E-state index contributed by atoms with van der Waals surface area (Å²) in [7, 11) is 1.89. The summed E-state index contributed by atoms with van der Waals surface area (Å²) in [6.07, 6.45) is 0. The predicted molar refractivity (Wildman–Crippen MR) is 87.5 cm³/mol. The highest BCUT2D eigenvalue weighted by molar-refractivity contribution is 6.35. The van der Waals surface area contributed by atoms with E-state index in [1.54, 1.807) is 6.07 Å². The zero-order valence-electron chi connectivity index (χ0n) is 11.4. The first kappa shape index (κ1) is 15.5. The molecule has 0 fully saturated rings. The van der Waals surface area contributed by atoms with Crippen LogP contribution in [0.15, 0.2) is 47.6 Å². The van der Waals surface area contributed by atoms with E-state index in [1.807, 2.05) is 48.3 Å². The molecule has 2 aromatic rings. The van der Waals surface area contributed by atoms with Crippen LogP contribution in [0.25, 0.3) is 0 Å². The lowest BCUT2D eigenvalue weighted by molar-refractivity contribution is 0.318. The monoisotopic (exact) mass is 323 g/mol. The molecule has 0 aromatic heterocycles. The molecule has 0 spiro atoms. The van der Waals surface area contributed by atoms with Crippen molar-refractivity contribution in [1.82, 2.24) is 0 Å². The third kappa shape index (κ3) is 3.40. The summed E-state index contributed by atoms with van der Waals surface area (Å²) in [6, 6.07) is 13.0. The normalized spacial score (nSPS) is 11.5. The van der Waals surface area contributed by atoms with Crippen molar-refractivity contribution in [3.05, 3.63) is 63.6 Å². The standard InChI is InChI=1S/C15H15Cl2N3O/c1-20(9-10-5-2-3-6-11(10)16)13-8-4-7-12(17)14(13)15(18)19-21/h2-8,21H,9H2,1H3,(H2,18,19). The maximum absolute atomic E-state index is 8.92. The molecule has 6 heteroatoms. The van der Waals surface area contributed by atoms with Gasteiger partial charge in [0, 0.05) is 24.3 Å². The average Bonchev–Trinajstić information content (AvgIpc) is 2.48. The molecule has 4 nitrogen and oxygen atoms in total. The van der Waals surface area contributed by atoms with Gasteiger partial charge < -0.3 is 15.8 Å². The van der Waals surface area contributed by atoms with Gasteiger partial charge in [-0.15, -0.1) is 0 Å². The summed E-state index contributed by atoms with van der Waals surface area (Å²) in [5, 5.41) is 13.1. The Bertz CT molecular complexity index is 674. The Morgan fingerprint density at radius 3 is 2.48 bits per heavy atom. The lowest BCUT2D eigenvalue weighted by Crippen LogP contribution is -2.23. The highest BCUT2D eigenvalue weighted by Crippen LogP contribution is 2.28.